The fourth-order valence-corrected chi connectivity index (χ4v) is 0. The first-order valence-electron chi connectivity index (χ1n) is 1.41. The van der Waals surface area contributed by atoms with Gasteiger partial charge < -0.3 is 30.1 Å². The van der Waals surface area contributed by atoms with Gasteiger partial charge in [0.15, 0.2) is 0 Å². The average molecular weight is 360 g/mol. The summed E-state index contributed by atoms with van der Waals surface area (Å²) in [6.07, 6.45) is 0. The van der Waals surface area contributed by atoms with E-state index in [9.17, 15) is 0 Å². The zero-order chi connectivity index (χ0) is 7.15. The van der Waals surface area contributed by atoms with Crippen LogP contribution in [-0.4, -0.2) is 14.6 Å². The van der Waals surface area contributed by atoms with Crippen molar-refractivity contribution in [1.82, 2.24) is 0 Å². The van der Waals surface area contributed by atoms with Crippen LogP contribution in [0.1, 0.15) is 0 Å². The van der Waals surface area contributed by atoms with Gasteiger partial charge >= 0.3 is 16.8 Å². The molecule has 0 fully saturated rings. The van der Waals surface area contributed by atoms with Gasteiger partial charge in [0.05, 0.1) is 0 Å². The molecule has 0 atom stereocenters. The molecule has 0 aliphatic rings. The van der Waals surface area contributed by atoms with E-state index in [2.05, 4.69) is 0 Å². The van der Waals surface area contributed by atoms with E-state index < -0.39 is 14.6 Å². The van der Waals surface area contributed by atoms with Gasteiger partial charge in [0.25, 0.3) is 0 Å². The van der Waals surface area contributed by atoms with Crippen molar-refractivity contribution in [2.45, 2.75) is 0 Å². The molecule has 1 radical (unpaired) electrons. The monoisotopic (exact) mass is 361 g/mol. The molecule has 0 aliphatic heterocycles. The summed E-state index contributed by atoms with van der Waals surface area (Å²) in [6.45, 7) is 0. The van der Waals surface area contributed by atoms with Gasteiger partial charge in [0, 0.05) is 21.1 Å². The summed E-state index contributed by atoms with van der Waals surface area (Å²) in [7, 11) is -5.83. The Labute approximate surface area is 82.7 Å². The summed E-state index contributed by atoms with van der Waals surface area (Å²) in [6, 6.07) is 0. The summed E-state index contributed by atoms with van der Waals surface area (Å²) >= 11 is 0. The normalized spacial score (nSPS) is 5.40. The number of hydrogen-bond acceptors (Lipinski definition) is 6. The van der Waals surface area contributed by atoms with Crippen LogP contribution in [0, 0.1) is 0 Å². The van der Waals surface area contributed by atoms with Crippen molar-refractivity contribution in [3.63, 3.8) is 0 Å². The van der Waals surface area contributed by atoms with E-state index in [4.69, 9.17) is 30.1 Å². The molecular formula is B2CoO6W-4. The Morgan fingerprint density at radius 3 is 0.600 bits per heavy atom. The van der Waals surface area contributed by atoms with Crippen LogP contribution in [0.25, 0.3) is 0 Å². The van der Waals surface area contributed by atoms with Gasteiger partial charge in [0.2, 0.25) is 0 Å². The Hall–Kier alpha value is 1.08. The smallest absolute Gasteiger partial charge is 0.907 e. The van der Waals surface area contributed by atoms with Gasteiger partial charge in [0.1, 0.15) is 0 Å². The van der Waals surface area contributed by atoms with E-state index in [-0.39, 0.29) is 37.8 Å². The van der Waals surface area contributed by atoms with Crippen molar-refractivity contribution in [1.29, 1.82) is 0 Å². The fourth-order valence-electron chi connectivity index (χ4n) is 0. The first-order chi connectivity index (χ1) is 3.46. The second-order valence-electron chi connectivity index (χ2n) is 0.577. The Bertz CT molecular complexity index is 31.2. The zero-order valence-electron chi connectivity index (χ0n) is 4.35. The first-order valence-corrected chi connectivity index (χ1v) is 1.41. The van der Waals surface area contributed by atoms with Crippen LogP contribution in [0.3, 0.4) is 0 Å². The van der Waals surface area contributed by atoms with Gasteiger partial charge in [-0.25, -0.2) is 0 Å². The van der Waals surface area contributed by atoms with Gasteiger partial charge in [-0.05, 0) is 0 Å². The topological polar surface area (TPSA) is 138 Å². The minimum atomic E-state index is -2.92. The minimum Gasteiger partial charge on any atom is -0.907 e. The van der Waals surface area contributed by atoms with Crippen LogP contribution in [0.5, 0.6) is 0 Å². The zero-order valence-corrected chi connectivity index (χ0v) is 8.32. The van der Waals surface area contributed by atoms with Crippen LogP contribution in [-0.2, 0) is 37.8 Å². The number of hydrogen-bond donors (Lipinski definition) is 0. The molecule has 6 nitrogen and oxygen atoms in total. The Kier molecular flexibility index (Phi) is 37.2. The van der Waals surface area contributed by atoms with Crippen molar-refractivity contribution in [3.8, 4) is 0 Å². The summed E-state index contributed by atoms with van der Waals surface area (Å²) in [5, 5.41) is 50.5. The second-order valence-corrected chi connectivity index (χ2v) is 0.577. The fraction of sp³-hybridized carbons (Fsp3) is 0. The van der Waals surface area contributed by atoms with Crippen molar-refractivity contribution >= 4 is 14.6 Å². The largest absolute Gasteiger partial charge is 2.00 e. The molecule has 0 saturated heterocycles. The third kappa shape index (κ3) is 505. The maximum absolute atomic E-state index is 8.42. The van der Waals surface area contributed by atoms with Crippen LogP contribution in [0.4, 0.5) is 0 Å². The minimum absolute atomic E-state index is 0. The molecule has 10 heavy (non-hydrogen) atoms. The average Bonchev–Trinajstić information content (AvgIpc) is 1.25. The van der Waals surface area contributed by atoms with Crippen LogP contribution < -0.4 is 30.1 Å². The Balaban J connectivity index is -0.0000000300. The SMILES string of the molecule is [Co+2].[O-]B([O-])[O-].[O-]B([O-])[O-].[W]. The predicted molar refractivity (Wildman–Crippen MR) is 11.5 cm³/mol. The maximum atomic E-state index is 8.42. The Morgan fingerprint density at radius 2 is 0.600 bits per heavy atom. The molecule has 0 aromatic heterocycles. The molecule has 0 aromatic rings. The van der Waals surface area contributed by atoms with E-state index in [1.807, 2.05) is 0 Å². The van der Waals surface area contributed by atoms with E-state index in [0.29, 0.717) is 0 Å². The molecule has 0 bridgehead atoms. The summed E-state index contributed by atoms with van der Waals surface area (Å²) in [4.78, 5) is 0. The third-order valence-corrected chi connectivity index (χ3v) is 0. The molecule has 0 unspecified atom stereocenters. The van der Waals surface area contributed by atoms with E-state index in [0.717, 1.165) is 0 Å². The summed E-state index contributed by atoms with van der Waals surface area (Å²) < 4.78 is 0. The Morgan fingerprint density at radius 1 is 0.600 bits per heavy atom. The third-order valence-electron chi connectivity index (χ3n) is 0. The van der Waals surface area contributed by atoms with Crippen molar-refractivity contribution in [3.05, 3.63) is 0 Å². The van der Waals surface area contributed by atoms with E-state index in [1.54, 1.807) is 0 Å². The molecule has 0 saturated carbocycles. The molecule has 0 amide bonds. The number of rotatable bonds is 0. The molecule has 0 aromatic carbocycles. The van der Waals surface area contributed by atoms with Gasteiger partial charge in [-0.1, -0.05) is 0 Å². The second kappa shape index (κ2) is 16.6. The molecule has 0 N–H and O–H groups in total. The van der Waals surface area contributed by atoms with Crippen molar-refractivity contribution < 1.29 is 68.0 Å². The van der Waals surface area contributed by atoms with Crippen LogP contribution in [0.15, 0.2) is 0 Å². The van der Waals surface area contributed by atoms with E-state index in [1.165, 1.54) is 0 Å². The molecule has 0 rings (SSSR count). The van der Waals surface area contributed by atoms with Crippen molar-refractivity contribution in [2.24, 2.45) is 0 Å². The molecule has 61 valence electrons. The molecule has 0 aliphatic carbocycles. The molecule has 0 spiro atoms. The molecular weight excluding hydrogens is 360 g/mol. The molecule has 0 heterocycles. The maximum Gasteiger partial charge on any atom is 2.00 e. The summed E-state index contributed by atoms with van der Waals surface area (Å²) in [5.74, 6) is 0. The quantitative estimate of drug-likeness (QED) is 0.393. The van der Waals surface area contributed by atoms with Gasteiger partial charge in [-0.3, -0.25) is 14.6 Å². The standard InChI is InChI=1S/2BO3.Co.W/c2*2-1(3)4;;/q2*-3;+2;. The van der Waals surface area contributed by atoms with Crippen LogP contribution >= 0.6 is 0 Å². The van der Waals surface area contributed by atoms with E-state index >= 15 is 0 Å². The van der Waals surface area contributed by atoms with Gasteiger partial charge in [-0.2, -0.15) is 0 Å². The first kappa shape index (κ1) is 22.5. The van der Waals surface area contributed by atoms with Gasteiger partial charge in [-0.15, -0.1) is 0 Å². The molecule has 10 heteroatoms. The summed E-state index contributed by atoms with van der Waals surface area (Å²) in [5.41, 5.74) is 0. The van der Waals surface area contributed by atoms with Crippen molar-refractivity contribution in [2.75, 3.05) is 0 Å². The predicted octanol–water partition coefficient (Wildman–Crippen LogP) is -7.90. The van der Waals surface area contributed by atoms with Crippen LogP contribution in [0.2, 0.25) is 0 Å².